The van der Waals surface area contributed by atoms with Gasteiger partial charge in [0.2, 0.25) is 5.91 Å². The zero-order valence-corrected chi connectivity index (χ0v) is 16.5. The standard InChI is InChI=1S/C23H20ClNO4/c1-28-22-11-9-16(13-21(22)26)10-12-23(27)25-20-8-3-2-5-17(20)15-29-19-7-4-6-18(24)14-19/h2-14,26H,15H2,1H3,(H,25,27)/b12-10+. The number of carbonyl (C=O) groups is 1. The van der Waals surface area contributed by atoms with Crippen LogP contribution in [0.3, 0.4) is 0 Å². The van der Waals surface area contributed by atoms with Crippen molar-refractivity contribution in [2.45, 2.75) is 6.61 Å². The summed E-state index contributed by atoms with van der Waals surface area (Å²) in [5.74, 6) is 0.743. The van der Waals surface area contributed by atoms with Crippen molar-refractivity contribution in [3.8, 4) is 17.2 Å². The van der Waals surface area contributed by atoms with Gasteiger partial charge >= 0.3 is 0 Å². The average Bonchev–Trinajstić information content (AvgIpc) is 2.72. The van der Waals surface area contributed by atoms with Gasteiger partial charge in [0.1, 0.15) is 12.4 Å². The zero-order valence-electron chi connectivity index (χ0n) is 15.8. The van der Waals surface area contributed by atoms with E-state index in [0.717, 1.165) is 5.56 Å². The maximum atomic E-state index is 12.3. The molecule has 0 aliphatic carbocycles. The molecule has 1 amide bonds. The molecule has 0 aliphatic heterocycles. The van der Waals surface area contributed by atoms with Crippen LogP contribution in [0.25, 0.3) is 6.08 Å². The number of ether oxygens (including phenoxy) is 2. The summed E-state index contributed by atoms with van der Waals surface area (Å²) < 4.78 is 10.8. The molecule has 3 aromatic rings. The SMILES string of the molecule is COc1ccc(/C=C/C(=O)Nc2ccccc2COc2cccc(Cl)c2)cc1O. The van der Waals surface area contributed by atoms with Crippen molar-refractivity contribution >= 4 is 29.3 Å². The molecule has 3 rings (SSSR count). The minimum atomic E-state index is -0.296. The van der Waals surface area contributed by atoms with Crippen molar-refractivity contribution in [3.05, 3.63) is 89.0 Å². The van der Waals surface area contributed by atoms with Crippen LogP contribution in [0.1, 0.15) is 11.1 Å². The lowest BCUT2D eigenvalue weighted by Crippen LogP contribution is -2.10. The van der Waals surface area contributed by atoms with Gasteiger partial charge in [0.25, 0.3) is 0 Å². The zero-order chi connectivity index (χ0) is 20.6. The Morgan fingerprint density at radius 1 is 1.10 bits per heavy atom. The van der Waals surface area contributed by atoms with E-state index in [2.05, 4.69) is 5.32 Å². The first-order chi connectivity index (χ1) is 14.0. The Labute approximate surface area is 174 Å². The Balaban J connectivity index is 1.65. The summed E-state index contributed by atoms with van der Waals surface area (Å²) in [5.41, 5.74) is 2.16. The van der Waals surface area contributed by atoms with E-state index in [-0.39, 0.29) is 18.3 Å². The number of hydrogen-bond donors (Lipinski definition) is 2. The highest BCUT2D eigenvalue weighted by molar-refractivity contribution is 6.30. The van der Waals surface area contributed by atoms with Crippen molar-refractivity contribution in [1.82, 2.24) is 0 Å². The number of carbonyl (C=O) groups excluding carboxylic acids is 1. The molecule has 3 aromatic carbocycles. The highest BCUT2D eigenvalue weighted by atomic mass is 35.5. The molecule has 0 heterocycles. The second-order valence-electron chi connectivity index (χ2n) is 6.16. The van der Waals surface area contributed by atoms with Crippen LogP contribution in [0.5, 0.6) is 17.2 Å². The van der Waals surface area contributed by atoms with Crippen LogP contribution in [-0.4, -0.2) is 18.1 Å². The molecule has 0 fully saturated rings. The maximum Gasteiger partial charge on any atom is 0.248 e. The number of benzene rings is 3. The number of nitrogens with one attached hydrogen (secondary N) is 1. The van der Waals surface area contributed by atoms with Gasteiger partial charge in [-0.15, -0.1) is 0 Å². The molecule has 2 N–H and O–H groups in total. The van der Waals surface area contributed by atoms with E-state index in [1.165, 1.54) is 19.3 Å². The normalized spacial score (nSPS) is 10.7. The highest BCUT2D eigenvalue weighted by Crippen LogP contribution is 2.26. The Kier molecular flexibility index (Phi) is 6.76. The molecular weight excluding hydrogens is 390 g/mol. The van der Waals surface area contributed by atoms with Gasteiger partial charge in [-0.2, -0.15) is 0 Å². The molecule has 0 saturated carbocycles. The second-order valence-corrected chi connectivity index (χ2v) is 6.59. The molecule has 0 atom stereocenters. The van der Waals surface area contributed by atoms with Crippen molar-refractivity contribution in [2.24, 2.45) is 0 Å². The minimum Gasteiger partial charge on any atom is -0.504 e. The van der Waals surface area contributed by atoms with Crippen molar-refractivity contribution in [2.75, 3.05) is 12.4 Å². The topological polar surface area (TPSA) is 67.8 Å². The number of phenols is 1. The fourth-order valence-electron chi connectivity index (χ4n) is 2.64. The number of amides is 1. The Morgan fingerprint density at radius 2 is 1.93 bits per heavy atom. The second kappa shape index (κ2) is 9.66. The lowest BCUT2D eigenvalue weighted by molar-refractivity contribution is -0.111. The third-order valence-corrected chi connectivity index (χ3v) is 4.33. The minimum absolute atomic E-state index is 0.0126. The number of rotatable bonds is 7. The quantitative estimate of drug-likeness (QED) is 0.520. The van der Waals surface area contributed by atoms with Gasteiger partial charge in [-0.05, 0) is 48.0 Å². The van der Waals surface area contributed by atoms with E-state index in [1.807, 2.05) is 36.4 Å². The van der Waals surface area contributed by atoms with Crippen molar-refractivity contribution < 1.29 is 19.4 Å². The Bertz CT molecular complexity index is 1030. The molecule has 0 unspecified atom stereocenters. The van der Waals surface area contributed by atoms with Crippen LogP contribution in [0.15, 0.2) is 72.8 Å². The van der Waals surface area contributed by atoms with Crippen LogP contribution >= 0.6 is 11.6 Å². The third-order valence-electron chi connectivity index (χ3n) is 4.10. The number of aromatic hydroxyl groups is 1. The number of phenolic OH excluding ortho intramolecular Hbond substituents is 1. The molecule has 5 nitrogen and oxygen atoms in total. The van der Waals surface area contributed by atoms with E-state index >= 15 is 0 Å². The molecule has 0 aliphatic rings. The van der Waals surface area contributed by atoms with Crippen molar-refractivity contribution in [1.29, 1.82) is 0 Å². The third kappa shape index (κ3) is 5.77. The van der Waals surface area contributed by atoms with Gasteiger partial charge in [0.05, 0.1) is 7.11 Å². The van der Waals surface area contributed by atoms with E-state index in [4.69, 9.17) is 21.1 Å². The van der Waals surface area contributed by atoms with Gasteiger partial charge in [0, 0.05) is 22.3 Å². The van der Waals surface area contributed by atoms with Crippen LogP contribution in [0, 0.1) is 0 Å². The summed E-state index contributed by atoms with van der Waals surface area (Å²) in [4.78, 5) is 12.3. The molecule has 148 valence electrons. The lowest BCUT2D eigenvalue weighted by Gasteiger charge is -2.11. The predicted octanol–water partition coefficient (Wildman–Crippen LogP) is 5.29. The number of anilines is 1. The largest absolute Gasteiger partial charge is 0.504 e. The smallest absolute Gasteiger partial charge is 0.248 e. The Hall–Kier alpha value is -3.44. The predicted molar refractivity (Wildman–Crippen MR) is 115 cm³/mol. The molecular formula is C23H20ClNO4. The summed E-state index contributed by atoms with van der Waals surface area (Å²) in [6.45, 7) is 0.285. The van der Waals surface area contributed by atoms with E-state index in [1.54, 1.807) is 30.3 Å². The van der Waals surface area contributed by atoms with E-state index in [9.17, 15) is 9.90 Å². The fourth-order valence-corrected chi connectivity index (χ4v) is 2.82. The monoisotopic (exact) mass is 409 g/mol. The highest BCUT2D eigenvalue weighted by Gasteiger charge is 2.06. The molecule has 0 spiro atoms. The van der Waals surface area contributed by atoms with Crippen LogP contribution in [-0.2, 0) is 11.4 Å². The summed E-state index contributed by atoms with van der Waals surface area (Å²) in [7, 11) is 1.48. The summed E-state index contributed by atoms with van der Waals surface area (Å²) in [6.07, 6.45) is 3.01. The van der Waals surface area contributed by atoms with E-state index < -0.39 is 0 Å². The first-order valence-corrected chi connectivity index (χ1v) is 9.25. The van der Waals surface area contributed by atoms with Crippen LogP contribution < -0.4 is 14.8 Å². The van der Waals surface area contributed by atoms with Crippen LogP contribution in [0.2, 0.25) is 5.02 Å². The van der Waals surface area contributed by atoms with Gasteiger partial charge in [0.15, 0.2) is 11.5 Å². The number of methoxy groups -OCH3 is 1. The van der Waals surface area contributed by atoms with E-state index in [0.29, 0.717) is 27.8 Å². The summed E-state index contributed by atoms with van der Waals surface area (Å²) in [6, 6.07) is 19.4. The lowest BCUT2D eigenvalue weighted by atomic mass is 10.1. The molecule has 0 radical (unpaired) electrons. The summed E-state index contributed by atoms with van der Waals surface area (Å²) >= 11 is 5.97. The average molecular weight is 410 g/mol. The fraction of sp³-hybridized carbons (Fsp3) is 0.0870. The number of para-hydroxylation sites is 1. The first kappa shape index (κ1) is 20.3. The van der Waals surface area contributed by atoms with Gasteiger partial charge in [-0.25, -0.2) is 0 Å². The number of halogens is 1. The van der Waals surface area contributed by atoms with Gasteiger partial charge in [-0.1, -0.05) is 41.9 Å². The maximum absolute atomic E-state index is 12.3. The summed E-state index contributed by atoms with van der Waals surface area (Å²) in [5, 5.41) is 13.3. The molecule has 6 heteroatoms. The van der Waals surface area contributed by atoms with Gasteiger partial charge < -0.3 is 19.9 Å². The van der Waals surface area contributed by atoms with Crippen LogP contribution in [0.4, 0.5) is 5.69 Å². The Morgan fingerprint density at radius 3 is 2.69 bits per heavy atom. The van der Waals surface area contributed by atoms with Gasteiger partial charge in [-0.3, -0.25) is 4.79 Å². The molecule has 0 aromatic heterocycles. The number of hydrogen-bond acceptors (Lipinski definition) is 4. The molecule has 0 bridgehead atoms. The molecule has 0 saturated heterocycles. The first-order valence-electron chi connectivity index (χ1n) is 8.87. The molecule has 29 heavy (non-hydrogen) atoms. The van der Waals surface area contributed by atoms with Crippen molar-refractivity contribution in [3.63, 3.8) is 0 Å².